The molecule has 248 valence electrons. The Morgan fingerprint density at radius 1 is 0.385 bits per heavy atom. The Hall–Kier alpha value is -6.52. The van der Waals surface area contributed by atoms with E-state index in [1.807, 2.05) is 0 Å². The van der Waals surface area contributed by atoms with Gasteiger partial charge < -0.3 is 9.13 Å². The van der Waals surface area contributed by atoms with Crippen LogP contribution in [-0.2, 0) is 14.1 Å². The van der Waals surface area contributed by atoms with Crippen LogP contribution in [0.5, 0.6) is 0 Å². The van der Waals surface area contributed by atoms with Crippen LogP contribution in [0.3, 0.4) is 0 Å². The minimum Gasteiger partial charge on any atom is -0.331 e. The Bertz CT molecular complexity index is 2910. The fourth-order valence-electron chi connectivity index (χ4n) is 8.23. The third kappa shape index (κ3) is 4.61. The highest BCUT2D eigenvalue weighted by Gasteiger charge is 2.18. The van der Waals surface area contributed by atoms with Gasteiger partial charge in [0.25, 0.3) is 0 Å². The van der Waals surface area contributed by atoms with E-state index in [0.717, 1.165) is 33.7 Å². The molecule has 10 rings (SSSR count). The van der Waals surface area contributed by atoms with Gasteiger partial charge in [-0.15, -0.1) is 0 Å². The Morgan fingerprint density at radius 2 is 0.904 bits per heavy atom. The van der Waals surface area contributed by atoms with Crippen LogP contribution in [0.15, 0.2) is 146 Å². The van der Waals surface area contributed by atoms with Crippen LogP contribution in [-0.4, -0.2) is 19.1 Å². The summed E-state index contributed by atoms with van der Waals surface area (Å²) < 4.78 is 4.36. The van der Waals surface area contributed by atoms with Crippen molar-refractivity contribution in [2.45, 2.75) is 13.8 Å². The molecule has 2 aromatic heterocycles. The van der Waals surface area contributed by atoms with Gasteiger partial charge in [0, 0.05) is 14.1 Å². The first-order chi connectivity index (χ1) is 25.4. The summed E-state index contributed by atoms with van der Waals surface area (Å²) in [4.78, 5) is 9.58. The lowest BCUT2D eigenvalue weighted by atomic mass is 9.85. The van der Waals surface area contributed by atoms with Gasteiger partial charge in [0.1, 0.15) is 11.6 Å². The molecule has 0 aliphatic carbocycles. The quantitative estimate of drug-likeness (QED) is 0.175. The van der Waals surface area contributed by atoms with E-state index in [1.54, 1.807) is 0 Å². The van der Waals surface area contributed by atoms with E-state index in [2.05, 4.69) is 183 Å². The largest absolute Gasteiger partial charge is 0.331 e. The van der Waals surface area contributed by atoms with Gasteiger partial charge >= 0.3 is 0 Å². The first kappa shape index (κ1) is 30.3. The molecule has 0 N–H and O–H groups in total. The standard InChI is InChI=1S/C48H36N4/c1-29-49-44-23-21-33(26-46(44)51(29)3)37-15-9-17-39-42(37)28-43-38(34-22-24-45-47(27-34)52(4)30(2)50-45)16-10-18-40(43)48(39)35-20-19-32-13-8-14-36(41(32)25-35)31-11-6-5-7-12-31/h5-28H,1-4H3. The van der Waals surface area contributed by atoms with Gasteiger partial charge in [-0.2, -0.15) is 0 Å². The molecule has 52 heavy (non-hydrogen) atoms. The number of imidazole rings is 2. The van der Waals surface area contributed by atoms with Crippen molar-refractivity contribution in [3.8, 4) is 44.5 Å². The van der Waals surface area contributed by atoms with Gasteiger partial charge in [0.05, 0.1) is 22.1 Å². The van der Waals surface area contributed by atoms with E-state index in [4.69, 9.17) is 9.97 Å². The van der Waals surface area contributed by atoms with Crippen LogP contribution in [0.4, 0.5) is 0 Å². The summed E-state index contributed by atoms with van der Waals surface area (Å²) >= 11 is 0. The number of aromatic nitrogens is 4. The first-order valence-electron chi connectivity index (χ1n) is 17.9. The summed E-state index contributed by atoms with van der Waals surface area (Å²) in [6.45, 7) is 4.13. The zero-order valence-electron chi connectivity index (χ0n) is 29.6. The normalized spacial score (nSPS) is 11.8. The average molecular weight is 669 g/mol. The van der Waals surface area contributed by atoms with E-state index >= 15 is 0 Å². The molecule has 4 nitrogen and oxygen atoms in total. The Kier molecular flexibility index (Phi) is 6.71. The maximum atomic E-state index is 4.79. The monoisotopic (exact) mass is 668 g/mol. The smallest absolute Gasteiger partial charge is 0.106 e. The first-order valence-corrected chi connectivity index (χ1v) is 17.9. The minimum atomic E-state index is 1.01. The topological polar surface area (TPSA) is 35.6 Å². The molecule has 10 aromatic rings. The highest BCUT2D eigenvalue weighted by atomic mass is 15.1. The van der Waals surface area contributed by atoms with E-state index in [9.17, 15) is 0 Å². The van der Waals surface area contributed by atoms with Crippen molar-refractivity contribution >= 4 is 54.4 Å². The van der Waals surface area contributed by atoms with Crippen LogP contribution in [0.1, 0.15) is 11.6 Å². The Morgan fingerprint density at radius 3 is 1.48 bits per heavy atom. The minimum absolute atomic E-state index is 1.01. The lowest BCUT2D eigenvalue weighted by Crippen LogP contribution is -1.93. The number of nitrogens with zero attached hydrogens (tertiary/aromatic N) is 4. The van der Waals surface area contributed by atoms with Gasteiger partial charge in [0.2, 0.25) is 0 Å². The van der Waals surface area contributed by atoms with Crippen molar-refractivity contribution < 1.29 is 0 Å². The number of benzene rings is 8. The second-order valence-corrected chi connectivity index (χ2v) is 14.0. The van der Waals surface area contributed by atoms with Gasteiger partial charge in [-0.25, -0.2) is 9.97 Å². The summed E-state index contributed by atoms with van der Waals surface area (Å²) in [5.74, 6) is 2.02. The van der Waals surface area contributed by atoms with Crippen LogP contribution in [0.25, 0.3) is 98.9 Å². The van der Waals surface area contributed by atoms with Crippen molar-refractivity contribution in [2.75, 3.05) is 0 Å². The van der Waals surface area contributed by atoms with E-state index in [-0.39, 0.29) is 0 Å². The third-order valence-corrected chi connectivity index (χ3v) is 11.1. The molecule has 0 bridgehead atoms. The van der Waals surface area contributed by atoms with Crippen molar-refractivity contribution in [3.63, 3.8) is 0 Å². The van der Waals surface area contributed by atoms with Crippen molar-refractivity contribution in [2.24, 2.45) is 14.1 Å². The SMILES string of the molecule is Cc1nc2ccc(-c3cccc4c(-c5ccc6cccc(-c7ccccc7)c6c5)c5cccc(-c6ccc7nc(C)n(C)c7c6)c5cc34)cc2n1C. The fraction of sp³-hybridized carbons (Fsp3) is 0.0833. The molecule has 0 saturated heterocycles. The molecule has 0 spiro atoms. The van der Waals surface area contributed by atoms with Crippen LogP contribution in [0.2, 0.25) is 0 Å². The number of fused-ring (bicyclic) bond motifs is 5. The molecular formula is C48H36N4. The summed E-state index contributed by atoms with van der Waals surface area (Å²) in [5, 5.41) is 7.40. The molecule has 0 saturated carbocycles. The second-order valence-electron chi connectivity index (χ2n) is 14.0. The average Bonchev–Trinajstić information content (AvgIpc) is 3.64. The molecule has 0 amide bonds. The Labute approximate surface area is 302 Å². The molecule has 0 aliphatic rings. The molecule has 0 atom stereocenters. The van der Waals surface area contributed by atoms with Gasteiger partial charge in [0.15, 0.2) is 0 Å². The summed E-state index contributed by atoms with van der Waals surface area (Å²) in [6, 6.07) is 53.7. The maximum Gasteiger partial charge on any atom is 0.106 e. The molecule has 0 fully saturated rings. The molecular weight excluding hydrogens is 633 g/mol. The molecule has 0 unspecified atom stereocenters. The molecule has 0 radical (unpaired) electrons. The third-order valence-electron chi connectivity index (χ3n) is 11.1. The summed E-state index contributed by atoms with van der Waals surface area (Å²) in [5.41, 5.74) is 14.0. The van der Waals surface area contributed by atoms with Gasteiger partial charge in [-0.1, -0.05) is 109 Å². The lowest BCUT2D eigenvalue weighted by Gasteiger charge is -2.18. The molecule has 0 aliphatic heterocycles. The summed E-state index contributed by atoms with van der Waals surface area (Å²) in [6.07, 6.45) is 0. The van der Waals surface area contributed by atoms with E-state index in [0.29, 0.717) is 0 Å². The van der Waals surface area contributed by atoms with Crippen molar-refractivity contribution in [1.82, 2.24) is 19.1 Å². The molecule has 4 heteroatoms. The van der Waals surface area contributed by atoms with Gasteiger partial charge in [-0.05, 0) is 127 Å². The Balaban J connectivity index is 1.30. The highest BCUT2D eigenvalue weighted by Crippen LogP contribution is 2.45. The summed E-state index contributed by atoms with van der Waals surface area (Å²) in [7, 11) is 4.19. The fourth-order valence-corrected chi connectivity index (χ4v) is 8.23. The predicted molar refractivity (Wildman–Crippen MR) is 219 cm³/mol. The number of aryl methyl sites for hydroxylation is 4. The maximum absolute atomic E-state index is 4.79. The number of hydrogen-bond acceptors (Lipinski definition) is 2. The molecule has 8 aromatic carbocycles. The zero-order valence-corrected chi connectivity index (χ0v) is 29.6. The van der Waals surface area contributed by atoms with Crippen molar-refractivity contribution in [1.29, 1.82) is 0 Å². The predicted octanol–water partition coefficient (Wildman–Crippen LogP) is 12.2. The number of hydrogen-bond donors (Lipinski definition) is 0. The van der Waals surface area contributed by atoms with Crippen LogP contribution in [0, 0.1) is 13.8 Å². The van der Waals surface area contributed by atoms with E-state index in [1.165, 1.54) is 76.8 Å². The van der Waals surface area contributed by atoms with E-state index < -0.39 is 0 Å². The van der Waals surface area contributed by atoms with Crippen LogP contribution >= 0.6 is 0 Å². The van der Waals surface area contributed by atoms with Gasteiger partial charge in [-0.3, -0.25) is 0 Å². The molecule has 2 heterocycles. The zero-order chi connectivity index (χ0) is 35.1. The number of rotatable bonds is 4. The van der Waals surface area contributed by atoms with Crippen molar-refractivity contribution in [3.05, 3.63) is 157 Å². The lowest BCUT2D eigenvalue weighted by molar-refractivity contribution is 0.886. The van der Waals surface area contributed by atoms with Crippen LogP contribution < -0.4 is 0 Å². The second kappa shape index (κ2) is 11.5. The highest BCUT2D eigenvalue weighted by molar-refractivity contribution is 6.20.